The molecule has 1 aliphatic carbocycles. The Morgan fingerprint density at radius 2 is 2.00 bits per heavy atom. The minimum Gasteiger partial charge on any atom is -0.466 e. The average molecular weight is 316 g/mol. The van der Waals surface area contributed by atoms with Gasteiger partial charge in [-0.3, -0.25) is 9.59 Å². The van der Waals surface area contributed by atoms with Crippen LogP contribution in [0, 0.1) is 5.92 Å². The first-order valence-corrected chi connectivity index (χ1v) is 7.44. The number of esters is 1. The summed E-state index contributed by atoms with van der Waals surface area (Å²) >= 11 is 0. The van der Waals surface area contributed by atoms with E-state index in [1.54, 1.807) is 31.3 Å². The maximum atomic E-state index is 12.3. The quantitative estimate of drug-likeness (QED) is 0.638. The number of rotatable bonds is 6. The number of hydrogen-bond acceptors (Lipinski definition) is 4. The Kier molecular flexibility index (Phi) is 5.51. The van der Waals surface area contributed by atoms with Crippen LogP contribution in [0.5, 0.6) is 0 Å². The highest BCUT2D eigenvalue weighted by Crippen LogP contribution is 2.33. The van der Waals surface area contributed by atoms with Crippen LogP contribution < -0.4 is 10.2 Å². The molecule has 0 atom stereocenters. The lowest BCUT2D eigenvalue weighted by atomic mass is 10.1. The molecule has 1 aromatic rings. The minimum absolute atomic E-state index is 0.0378. The molecule has 2 rings (SSSR count). The van der Waals surface area contributed by atoms with Gasteiger partial charge in [0.1, 0.15) is 0 Å². The summed E-state index contributed by atoms with van der Waals surface area (Å²) in [7, 11) is 2.97. The Hall–Kier alpha value is -2.63. The van der Waals surface area contributed by atoms with E-state index in [2.05, 4.69) is 10.1 Å². The number of ether oxygens (including phenoxy) is 1. The predicted octanol–water partition coefficient (Wildman–Crippen LogP) is 1.52. The third-order valence-electron chi connectivity index (χ3n) is 3.60. The molecule has 0 aromatic heterocycles. The van der Waals surface area contributed by atoms with Crippen molar-refractivity contribution in [3.8, 4) is 0 Å². The van der Waals surface area contributed by atoms with E-state index in [0.29, 0.717) is 11.3 Å². The van der Waals surface area contributed by atoms with Crippen LogP contribution in [0.15, 0.2) is 36.4 Å². The van der Waals surface area contributed by atoms with Crippen molar-refractivity contribution in [3.63, 3.8) is 0 Å². The Labute approximate surface area is 135 Å². The molecule has 0 saturated heterocycles. The summed E-state index contributed by atoms with van der Waals surface area (Å²) in [6.45, 7) is 0.197. The van der Waals surface area contributed by atoms with Gasteiger partial charge in [-0.2, -0.15) is 0 Å². The average Bonchev–Trinajstić information content (AvgIpc) is 3.41. The zero-order chi connectivity index (χ0) is 16.8. The molecular formula is C17H20N2O4. The lowest BCUT2D eigenvalue weighted by Gasteiger charge is -2.20. The zero-order valence-corrected chi connectivity index (χ0v) is 13.2. The summed E-state index contributed by atoms with van der Waals surface area (Å²) in [6.07, 6.45) is 4.58. The SMILES string of the molecule is COC(=O)/C=C/CNC(=O)c1ccccc1N(C)C(=O)C1CC1. The molecule has 122 valence electrons. The van der Waals surface area contributed by atoms with Crippen molar-refractivity contribution in [2.75, 3.05) is 25.6 Å². The molecule has 0 aliphatic heterocycles. The minimum atomic E-state index is -0.477. The van der Waals surface area contributed by atoms with Crippen molar-refractivity contribution >= 4 is 23.5 Å². The molecular weight excluding hydrogens is 296 g/mol. The van der Waals surface area contributed by atoms with Crippen LogP contribution in [-0.4, -0.2) is 38.5 Å². The van der Waals surface area contributed by atoms with Crippen LogP contribution in [0.25, 0.3) is 0 Å². The van der Waals surface area contributed by atoms with E-state index in [0.717, 1.165) is 12.8 Å². The molecule has 6 nitrogen and oxygen atoms in total. The smallest absolute Gasteiger partial charge is 0.330 e. The third kappa shape index (κ3) is 4.42. The first-order chi connectivity index (χ1) is 11.0. The van der Waals surface area contributed by atoms with Crippen molar-refractivity contribution < 1.29 is 19.1 Å². The van der Waals surface area contributed by atoms with E-state index >= 15 is 0 Å². The summed E-state index contributed by atoms with van der Waals surface area (Å²) < 4.78 is 4.46. The Morgan fingerprint density at radius 3 is 2.65 bits per heavy atom. The molecule has 1 aliphatic rings. The van der Waals surface area contributed by atoms with Gasteiger partial charge < -0.3 is 15.0 Å². The van der Waals surface area contributed by atoms with Gasteiger partial charge >= 0.3 is 5.97 Å². The topological polar surface area (TPSA) is 75.7 Å². The molecule has 0 unspecified atom stereocenters. The highest BCUT2D eigenvalue weighted by Gasteiger charge is 2.33. The summed E-state index contributed by atoms with van der Waals surface area (Å²) in [5, 5.41) is 2.69. The highest BCUT2D eigenvalue weighted by atomic mass is 16.5. The van der Waals surface area contributed by atoms with Gasteiger partial charge in [0.2, 0.25) is 5.91 Å². The second-order valence-electron chi connectivity index (χ2n) is 5.32. The summed E-state index contributed by atoms with van der Waals surface area (Å²) in [4.78, 5) is 37.0. The van der Waals surface area contributed by atoms with E-state index in [4.69, 9.17) is 0 Å². The molecule has 23 heavy (non-hydrogen) atoms. The predicted molar refractivity (Wildman–Crippen MR) is 86.1 cm³/mol. The van der Waals surface area contributed by atoms with Crippen LogP contribution in [0.2, 0.25) is 0 Å². The number of benzene rings is 1. The largest absolute Gasteiger partial charge is 0.466 e. The highest BCUT2D eigenvalue weighted by molar-refractivity contribution is 6.05. The van der Waals surface area contributed by atoms with Gasteiger partial charge in [0.15, 0.2) is 0 Å². The Balaban J connectivity index is 2.04. The standard InChI is InChI=1S/C17H20N2O4/c1-19(17(22)12-9-10-12)14-7-4-3-6-13(14)16(21)18-11-5-8-15(20)23-2/h3-8,12H,9-11H2,1-2H3,(H,18,21)/b8-5+. The van der Waals surface area contributed by atoms with Gasteiger partial charge in [-0.05, 0) is 25.0 Å². The number of hydrogen-bond donors (Lipinski definition) is 1. The maximum absolute atomic E-state index is 12.3. The molecule has 0 spiro atoms. The van der Waals surface area contributed by atoms with Gasteiger partial charge in [0.05, 0.1) is 18.4 Å². The number of nitrogens with zero attached hydrogens (tertiary/aromatic N) is 1. The maximum Gasteiger partial charge on any atom is 0.330 e. The van der Waals surface area contributed by atoms with Gasteiger partial charge in [-0.1, -0.05) is 18.2 Å². The molecule has 0 bridgehead atoms. The molecule has 0 heterocycles. The fourth-order valence-electron chi connectivity index (χ4n) is 2.15. The second kappa shape index (κ2) is 7.58. The van der Waals surface area contributed by atoms with Crippen molar-refractivity contribution in [1.82, 2.24) is 5.32 Å². The lowest BCUT2D eigenvalue weighted by molar-refractivity contribution is -0.134. The fourth-order valence-corrected chi connectivity index (χ4v) is 2.15. The van der Waals surface area contributed by atoms with E-state index in [-0.39, 0.29) is 24.3 Å². The van der Waals surface area contributed by atoms with E-state index in [1.807, 2.05) is 0 Å². The molecule has 1 fully saturated rings. The lowest BCUT2D eigenvalue weighted by Crippen LogP contribution is -2.31. The summed E-state index contributed by atoms with van der Waals surface area (Å²) in [5.74, 6) is -0.657. The van der Waals surface area contributed by atoms with Crippen LogP contribution in [0.1, 0.15) is 23.2 Å². The van der Waals surface area contributed by atoms with Gasteiger partial charge in [-0.25, -0.2) is 4.79 Å². The Bertz CT molecular complexity index is 635. The van der Waals surface area contributed by atoms with Crippen molar-refractivity contribution in [2.45, 2.75) is 12.8 Å². The van der Waals surface area contributed by atoms with Crippen LogP contribution in [-0.2, 0) is 14.3 Å². The zero-order valence-electron chi connectivity index (χ0n) is 13.2. The first kappa shape index (κ1) is 16.7. The summed E-state index contributed by atoms with van der Waals surface area (Å²) in [5.41, 5.74) is 1.01. The van der Waals surface area contributed by atoms with Crippen molar-refractivity contribution in [1.29, 1.82) is 0 Å². The third-order valence-corrected chi connectivity index (χ3v) is 3.60. The second-order valence-corrected chi connectivity index (χ2v) is 5.32. The van der Waals surface area contributed by atoms with Crippen molar-refractivity contribution in [2.24, 2.45) is 5.92 Å². The number of carbonyl (C=O) groups is 3. The monoisotopic (exact) mass is 316 g/mol. The van der Waals surface area contributed by atoms with Crippen LogP contribution in [0.4, 0.5) is 5.69 Å². The molecule has 1 aromatic carbocycles. The number of nitrogens with one attached hydrogen (secondary N) is 1. The number of para-hydroxylation sites is 1. The van der Waals surface area contributed by atoms with E-state index < -0.39 is 5.97 Å². The van der Waals surface area contributed by atoms with Gasteiger partial charge in [0, 0.05) is 25.6 Å². The number of carbonyl (C=O) groups excluding carboxylic acids is 3. The molecule has 6 heteroatoms. The van der Waals surface area contributed by atoms with Gasteiger partial charge in [-0.15, -0.1) is 0 Å². The summed E-state index contributed by atoms with van der Waals surface area (Å²) in [6, 6.07) is 6.96. The van der Waals surface area contributed by atoms with Crippen LogP contribution in [0.3, 0.4) is 0 Å². The number of anilines is 1. The molecule has 1 saturated carbocycles. The fraction of sp³-hybridized carbons (Fsp3) is 0.353. The van der Waals surface area contributed by atoms with E-state index in [9.17, 15) is 14.4 Å². The van der Waals surface area contributed by atoms with Gasteiger partial charge in [0.25, 0.3) is 5.91 Å². The normalized spacial score (nSPS) is 13.7. The van der Waals surface area contributed by atoms with E-state index in [1.165, 1.54) is 24.2 Å². The Morgan fingerprint density at radius 1 is 1.30 bits per heavy atom. The number of amides is 2. The molecule has 0 radical (unpaired) electrons. The van der Waals surface area contributed by atoms with Crippen molar-refractivity contribution in [3.05, 3.63) is 42.0 Å². The first-order valence-electron chi connectivity index (χ1n) is 7.44. The van der Waals surface area contributed by atoms with Crippen LogP contribution >= 0.6 is 0 Å². The molecule has 1 N–H and O–H groups in total. The number of methoxy groups -OCH3 is 1. The molecule has 2 amide bonds.